The van der Waals surface area contributed by atoms with E-state index < -0.39 is 10.0 Å². The number of sulfonamides is 1. The number of likely N-dealkylation sites (N-methyl/N-ethyl adjacent to an activating group) is 1. The Morgan fingerprint density at radius 2 is 1.85 bits per heavy atom. The summed E-state index contributed by atoms with van der Waals surface area (Å²) in [5.41, 5.74) is 1.26. The van der Waals surface area contributed by atoms with E-state index in [0.29, 0.717) is 38.3 Å². The Balaban J connectivity index is 1.54. The quantitative estimate of drug-likeness (QED) is 0.708. The van der Waals surface area contributed by atoms with Crippen molar-refractivity contribution in [1.29, 1.82) is 0 Å². The molecule has 1 atom stereocenters. The van der Waals surface area contributed by atoms with Crippen LogP contribution in [0.3, 0.4) is 0 Å². The molecule has 0 amide bonds. The van der Waals surface area contributed by atoms with Crippen LogP contribution in [0.2, 0.25) is 0 Å². The van der Waals surface area contributed by atoms with E-state index >= 15 is 0 Å². The van der Waals surface area contributed by atoms with Gasteiger partial charge in [-0.3, -0.25) is 0 Å². The summed E-state index contributed by atoms with van der Waals surface area (Å²) in [6, 6.07) is 6.66. The molecule has 27 heavy (non-hydrogen) atoms. The molecule has 2 heterocycles. The molecular formula is C20H32N2O4S. The maximum Gasteiger partial charge on any atom is 0.211 e. The normalized spacial score (nSPS) is 20.0. The number of ether oxygens (including phenoxy) is 2. The maximum absolute atomic E-state index is 11.7. The zero-order valence-corrected chi connectivity index (χ0v) is 17.5. The minimum atomic E-state index is -3.05. The first-order valence-electron chi connectivity index (χ1n) is 9.94. The van der Waals surface area contributed by atoms with Crippen LogP contribution in [-0.2, 0) is 16.4 Å². The zero-order chi connectivity index (χ0) is 19.4. The number of piperidine rings is 1. The van der Waals surface area contributed by atoms with Gasteiger partial charge in [-0.05, 0) is 56.3 Å². The molecule has 0 aliphatic carbocycles. The molecule has 152 valence electrons. The topological polar surface area (TPSA) is 59.1 Å². The number of hydrogen-bond donors (Lipinski definition) is 0. The second-order valence-corrected chi connectivity index (χ2v) is 9.71. The fourth-order valence-corrected chi connectivity index (χ4v) is 4.93. The van der Waals surface area contributed by atoms with Crippen molar-refractivity contribution >= 4 is 10.0 Å². The summed E-state index contributed by atoms with van der Waals surface area (Å²) >= 11 is 0. The van der Waals surface area contributed by atoms with Crippen LogP contribution in [0.1, 0.15) is 32.3 Å². The van der Waals surface area contributed by atoms with E-state index in [9.17, 15) is 8.42 Å². The van der Waals surface area contributed by atoms with Crippen LogP contribution in [0.15, 0.2) is 18.2 Å². The largest absolute Gasteiger partial charge is 0.486 e. The predicted octanol–water partition coefficient (Wildman–Crippen LogP) is 2.38. The van der Waals surface area contributed by atoms with Crippen molar-refractivity contribution in [3.05, 3.63) is 23.8 Å². The minimum Gasteiger partial charge on any atom is -0.486 e. The molecule has 7 heteroatoms. The van der Waals surface area contributed by atoms with Gasteiger partial charge >= 0.3 is 0 Å². The van der Waals surface area contributed by atoms with Gasteiger partial charge < -0.3 is 14.4 Å². The third-order valence-corrected chi connectivity index (χ3v) is 7.01. The third-order valence-electron chi connectivity index (χ3n) is 5.70. The average Bonchev–Trinajstić information content (AvgIpc) is 2.65. The predicted molar refractivity (Wildman–Crippen MR) is 107 cm³/mol. The van der Waals surface area contributed by atoms with E-state index in [-0.39, 0.29) is 0 Å². The first kappa shape index (κ1) is 20.4. The molecule has 2 aliphatic heterocycles. The van der Waals surface area contributed by atoms with Gasteiger partial charge in [0.25, 0.3) is 0 Å². The van der Waals surface area contributed by atoms with E-state index in [4.69, 9.17) is 9.47 Å². The summed E-state index contributed by atoms with van der Waals surface area (Å²) in [6.07, 6.45) is 4.16. The standard InChI is InChI=1S/C20H32N2O4S/c1-4-21(15-17-7-9-22(10-8-17)27(3,23)24)16(2)13-18-5-6-19-20(14-18)26-12-11-25-19/h5-6,14,16-17H,4,7-13,15H2,1-3H3. The van der Waals surface area contributed by atoms with E-state index in [1.54, 1.807) is 4.31 Å². The van der Waals surface area contributed by atoms with Crippen molar-refractivity contribution in [2.45, 2.75) is 39.2 Å². The Hall–Kier alpha value is -1.31. The molecule has 0 aromatic heterocycles. The van der Waals surface area contributed by atoms with Crippen LogP contribution in [0.25, 0.3) is 0 Å². The molecule has 0 N–H and O–H groups in total. The van der Waals surface area contributed by atoms with Gasteiger partial charge in [-0.1, -0.05) is 13.0 Å². The molecule has 0 radical (unpaired) electrons. The van der Waals surface area contributed by atoms with Gasteiger partial charge in [-0.15, -0.1) is 0 Å². The van der Waals surface area contributed by atoms with Crippen molar-refractivity contribution in [2.75, 3.05) is 45.6 Å². The molecule has 0 bridgehead atoms. The summed E-state index contributed by atoms with van der Waals surface area (Å²) in [5.74, 6) is 2.25. The van der Waals surface area contributed by atoms with Crippen LogP contribution in [0.4, 0.5) is 0 Å². The SMILES string of the molecule is CCN(CC1CCN(S(C)(=O)=O)CC1)C(C)Cc1ccc2c(c1)OCCO2. The molecular weight excluding hydrogens is 364 g/mol. The van der Waals surface area contributed by atoms with E-state index in [2.05, 4.69) is 30.9 Å². The van der Waals surface area contributed by atoms with Crippen molar-refractivity contribution in [2.24, 2.45) is 5.92 Å². The number of hydrogen-bond acceptors (Lipinski definition) is 5. The Labute approximate surface area is 163 Å². The molecule has 0 spiro atoms. The van der Waals surface area contributed by atoms with Gasteiger partial charge in [0.1, 0.15) is 13.2 Å². The summed E-state index contributed by atoms with van der Waals surface area (Å²) in [6.45, 7) is 9.02. The monoisotopic (exact) mass is 396 g/mol. The molecule has 1 saturated heterocycles. The summed E-state index contributed by atoms with van der Waals surface area (Å²) in [5, 5.41) is 0. The number of benzene rings is 1. The second kappa shape index (κ2) is 8.80. The highest BCUT2D eigenvalue weighted by atomic mass is 32.2. The maximum atomic E-state index is 11.7. The van der Waals surface area contributed by atoms with Crippen LogP contribution in [-0.4, -0.2) is 69.3 Å². The fourth-order valence-electron chi connectivity index (χ4n) is 4.06. The Kier molecular flexibility index (Phi) is 6.65. The lowest BCUT2D eigenvalue weighted by molar-refractivity contribution is 0.152. The van der Waals surface area contributed by atoms with Crippen LogP contribution in [0.5, 0.6) is 11.5 Å². The highest BCUT2D eigenvalue weighted by Crippen LogP contribution is 2.31. The van der Waals surface area contributed by atoms with Gasteiger partial charge in [0.05, 0.1) is 6.26 Å². The first-order valence-corrected chi connectivity index (χ1v) is 11.8. The molecule has 6 nitrogen and oxygen atoms in total. The van der Waals surface area contributed by atoms with Gasteiger partial charge in [0, 0.05) is 25.7 Å². The van der Waals surface area contributed by atoms with Crippen molar-refractivity contribution in [3.63, 3.8) is 0 Å². The molecule has 0 saturated carbocycles. The lowest BCUT2D eigenvalue weighted by Gasteiger charge is -2.36. The zero-order valence-electron chi connectivity index (χ0n) is 16.7. The Bertz CT molecular complexity index is 729. The van der Waals surface area contributed by atoms with E-state index in [1.165, 1.54) is 11.8 Å². The lowest BCUT2D eigenvalue weighted by atomic mass is 9.96. The number of fused-ring (bicyclic) bond motifs is 1. The summed E-state index contributed by atoms with van der Waals surface area (Å²) in [7, 11) is -3.05. The van der Waals surface area contributed by atoms with Gasteiger partial charge in [0.15, 0.2) is 11.5 Å². The molecule has 2 aliphatic rings. The van der Waals surface area contributed by atoms with E-state index in [1.807, 2.05) is 6.07 Å². The second-order valence-electron chi connectivity index (χ2n) is 7.72. The lowest BCUT2D eigenvalue weighted by Crippen LogP contribution is -2.43. The summed E-state index contributed by atoms with van der Waals surface area (Å²) in [4.78, 5) is 2.51. The van der Waals surface area contributed by atoms with Crippen LogP contribution >= 0.6 is 0 Å². The van der Waals surface area contributed by atoms with Gasteiger partial charge in [0.2, 0.25) is 10.0 Å². The van der Waals surface area contributed by atoms with Crippen molar-refractivity contribution in [3.8, 4) is 11.5 Å². The highest BCUT2D eigenvalue weighted by molar-refractivity contribution is 7.88. The number of rotatable bonds is 7. The molecule has 3 rings (SSSR count). The Morgan fingerprint density at radius 3 is 2.48 bits per heavy atom. The van der Waals surface area contributed by atoms with Crippen LogP contribution in [0, 0.1) is 5.92 Å². The van der Waals surface area contributed by atoms with Gasteiger partial charge in [-0.2, -0.15) is 0 Å². The van der Waals surface area contributed by atoms with Crippen LogP contribution < -0.4 is 9.47 Å². The third kappa shape index (κ3) is 5.36. The highest BCUT2D eigenvalue weighted by Gasteiger charge is 2.27. The molecule has 1 aromatic rings. The number of nitrogens with zero attached hydrogens (tertiary/aromatic N) is 2. The van der Waals surface area contributed by atoms with Gasteiger partial charge in [-0.25, -0.2) is 12.7 Å². The fraction of sp³-hybridized carbons (Fsp3) is 0.700. The minimum absolute atomic E-state index is 0.422. The Morgan fingerprint density at radius 1 is 1.19 bits per heavy atom. The van der Waals surface area contributed by atoms with E-state index in [0.717, 1.165) is 43.9 Å². The molecule has 1 fully saturated rings. The summed E-state index contributed by atoms with van der Waals surface area (Å²) < 4.78 is 36.3. The van der Waals surface area contributed by atoms with Crippen molar-refractivity contribution in [1.82, 2.24) is 9.21 Å². The molecule has 1 aromatic carbocycles. The average molecular weight is 397 g/mol. The smallest absolute Gasteiger partial charge is 0.211 e. The first-order chi connectivity index (χ1) is 12.9. The molecule has 1 unspecified atom stereocenters. The van der Waals surface area contributed by atoms with Crippen molar-refractivity contribution < 1.29 is 17.9 Å².